The second kappa shape index (κ2) is 8.71. The zero-order chi connectivity index (χ0) is 23.2. The molecule has 3 aromatic heterocycles. The van der Waals surface area contributed by atoms with Crippen molar-refractivity contribution in [1.29, 1.82) is 0 Å². The van der Waals surface area contributed by atoms with Gasteiger partial charge < -0.3 is 15.0 Å². The van der Waals surface area contributed by atoms with Gasteiger partial charge in [0.25, 0.3) is 0 Å². The molecule has 0 radical (unpaired) electrons. The first-order valence-electron chi connectivity index (χ1n) is 11.7. The molecular formula is C23H28N8O2S. The minimum atomic E-state index is -0.459. The quantitative estimate of drug-likeness (QED) is 0.483. The van der Waals surface area contributed by atoms with Gasteiger partial charge in [0.1, 0.15) is 5.69 Å². The number of hydrogen-bond acceptors (Lipinski definition) is 8. The molecule has 6 rings (SSSR count). The van der Waals surface area contributed by atoms with Gasteiger partial charge in [-0.05, 0) is 37.3 Å². The van der Waals surface area contributed by atoms with Crippen LogP contribution in [0.15, 0.2) is 33.0 Å². The molecule has 11 heteroatoms. The van der Waals surface area contributed by atoms with Gasteiger partial charge in [0.2, 0.25) is 5.88 Å². The average molecular weight is 481 g/mol. The van der Waals surface area contributed by atoms with Crippen molar-refractivity contribution >= 4 is 23.5 Å². The first kappa shape index (κ1) is 21.6. The van der Waals surface area contributed by atoms with Crippen LogP contribution >= 0.6 is 11.8 Å². The van der Waals surface area contributed by atoms with Crippen molar-refractivity contribution in [2.75, 3.05) is 39.8 Å². The van der Waals surface area contributed by atoms with Crippen LogP contribution in [-0.2, 0) is 0 Å². The minimum absolute atomic E-state index is 0.201. The van der Waals surface area contributed by atoms with Gasteiger partial charge in [-0.2, -0.15) is 9.61 Å². The fraction of sp³-hybridized carbons (Fsp3) is 0.478. The summed E-state index contributed by atoms with van der Waals surface area (Å²) in [5, 5.41) is 15.5. The molecule has 0 spiro atoms. The highest BCUT2D eigenvalue weighted by molar-refractivity contribution is 8.03. The third-order valence-corrected chi connectivity index (χ3v) is 7.87. The summed E-state index contributed by atoms with van der Waals surface area (Å²) in [6, 6.07) is 2.42. The molecule has 34 heavy (non-hydrogen) atoms. The van der Waals surface area contributed by atoms with Gasteiger partial charge in [-0.1, -0.05) is 6.08 Å². The van der Waals surface area contributed by atoms with Crippen molar-refractivity contribution in [3.8, 4) is 5.88 Å². The molecule has 0 amide bonds. The first-order valence-corrected chi connectivity index (χ1v) is 12.6. The zero-order valence-electron chi connectivity index (χ0n) is 19.1. The van der Waals surface area contributed by atoms with E-state index < -0.39 is 5.69 Å². The molecule has 0 bridgehead atoms. The number of piperazine rings is 1. The standard InChI is InChI=1S/C23H28N8O2S/c1-29-6-8-30(9-7-29)13-16-4-5-19(34-16)17-11-20(25-15-2-3-15)31-21(26-17)14(12-24-31)10-18-22(32)28-23(33)27-18/h4,10-12,15,19,32H,2-3,5-9,13H2,1H3,(H2,27,28,33). The Bertz CT molecular complexity index is 1430. The first-order chi connectivity index (χ1) is 16.5. The lowest BCUT2D eigenvalue weighted by Gasteiger charge is -2.32. The lowest BCUT2D eigenvalue weighted by Crippen LogP contribution is -2.44. The molecule has 3 N–H and O–H groups in total. The highest BCUT2D eigenvalue weighted by Crippen LogP contribution is 2.43. The van der Waals surface area contributed by atoms with Gasteiger partial charge in [0.15, 0.2) is 11.1 Å². The molecule has 1 unspecified atom stereocenters. The number of fused-ring (bicyclic) bond motifs is 1. The maximum absolute atomic E-state index is 11.5. The molecule has 2 fully saturated rings. The van der Waals surface area contributed by atoms with E-state index >= 15 is 0 Å². The highest BCUT2D eigenvalue weighted by Gasteiger charge is 2.25. The topological polar surface area (TPSA) is 118 Å². The summed E-state index contributed by atoms with van der Waals surface area (Å²) in [6.45, 7) is 5.46. The number of nitrogens with one attached hydrogen (secondary N) is 2. The number of imidazole rings is 1. The number of hydrogen-bond donors (Lipinski definition) is 3. The fourth-order valence-corrected chi connectivity index (χ4v) is 5.65. The Hall–Kier alpha value is -2.89. The lowest BCUT2D eigenvalue weighted by atomic mass is 10.2. The molecule has 1 saturated heterocycles. The maximum atomic E-state index is 11.5. The van der Waals surface area contributed by atoms with Crippen LogP contribution < -0.4 is 16.4 Å². The van der Waals surface area contributed by atoms with Crippen LogP contribution in [0, 0.1) is 0 Å². The molecule has 10 nitrogen and oxygen atoms in total. The predicted octanol–water partition coefficient (Wildman–Crippen LogP) is 0.371. The van der Waals surface area contributed by atoms with Crippen LogP contribution in [0.5, 0.6) is 5.88 Å². The molecular weight excluding hydrogens is 452 g/mol. The van der Waals surface area contributed by atoms with Gasteiger partial charge in [0.05, 0.1) is 23.2 Å². The van der Waals surface area contributed by atoms with Crippen LogP contribution in [0.1, 0.15) is 35.9 Å². The number of likely N-dealkylation sites (N-methyl/N-ethyl adjacent to an activating group) is 1. The fourth-order valence-electron chi connectivity index (χ4n) is 4.41. The van der Waals surface area contributed by atoms with Gasteiger partial charge in [-0.3, -0.25) is 14.9 Å². The van der Waals surface area contributed by atoms with E-state index in [1.165, 1.54) is 4.91 Å². The summed E-state index contributed by atoms with van der Waals surface area (Å²) >= 11 is 1.90. The number of aromatic hydroxyl groups is 1. The minimum Gasteiger partial charge on any atom is -0.493 e. The molecule has 3 aliphatic rings. The van der Waals surface area contributed by atoms with Crippen molar-refractivity contribution in [2.24, 2.45) is 4.99 Å². The van der Waals surface area contributed by atoms with E-state index in [0.29, 0.717) is 22.6 Å². The second-order valence-corrected chi connectivity index (χ2v) is 10.6. The Kier molecular flexibility index (Phi) is 5.54. The summed E-state index contributed by atoms with van der Waals surface area (Å²) in [4.78, 5) is 32.7. The Morgan fingerprint density at radius 1 is 1.26 bits per heavy atom. The Labute approximate surface area is 200 Å². The van der Waals surface area contributed by atoms with E-state index in [1.807, 2.05) is 11.8 Å². The van der Waals surface area contributed by atoms with Crippen molar-refractivity contribution in [3.05, 3.63) is 55.8 Å². The molecule has 2 aliphatic heterocycles. The second-order valence-electron chi connectivity index (χ2n) is 9.31. The average Bonchev–Trinajstić information content (AvgIpc) is 3.20. The summed E-state index contributed by atoms with van der Waals surface area (Å²) in [5.41, 5.74) is 2.32. The van der Waals surface area contributed by atoms with Gasteiger partial charge >= 0.3 is 5.69 Å². The maximum Gasteiger partial charge on any atom is 0.326 e. The van der Waals surface area contributed by atoms with E-state index in [0.717, 1.165) is 63.2 Å². The van der Waals surface area contributed by atoms with E-state index in [9.17, 15) is 9.90 Å². The van der Waals surface area contributed by atoms with Crippen molar-refractivity contribution in [2.45, 2.75) is 30.6 Å². The molecule has 1 aliphatic carbocycles. The normalized spacial score (nSPS) is 23.3. The number of aromatic nitrogens is 5. The number of aromatic amines is 2. The Morgan fingerprint density at radius 3 is 2.82 bits per heavy atom. The molecule has 178 valence electrons. The summed E-state index contributed by atoms with van der Waals surface area (Å²) in [5.74, 6) is -0.201. The van der Waals surface area contributed by atoms with Gasteiger partial charge in [0, 0.05) is 44.0 Å². The Balaban J connectivity index is 1.32. The van der Waals surface area contributed by atoms with E-state index in [2.05, 4.69) is 44.1 Å². The van der Waals surface area contributed by atoms with E-state index in [-0.39, 0.29) is 11.1 Å². The molecule has 0 aromatic carbocycles. The van der Waals surface area contributed by atoms with Crippen LogP contribution in [0.2, 0.25) is 0 Å². The molecule has 1 saturated carbocycles. The Morgan fingerprint density at radius 2 is 2.09 bits per heavy atom. The van der Waals surface area contributed by atoms with Crippen LogP contribution in [0.4, 0.5) is 0 Å². The number of rotatable bonds is 5. The number of allylic oxidation sites excluding steroid dienone is 1. The number of nitrogens with zero attached hydrogens (tertiary/aromatic N) is 6. The summed E-state index contributed by atoms with van der Waals surface area (Å²) in [7, 11) is 2.18. The molecule has 1 atom stereocenters. The van der Waals surface area contributed by atoms with E-state index in [4.69, 9.17) is 9.98 Å². The van der Waals surface area contributed by atoms with Gasteiger partial charge in [-0.25, -0.2) is 9.78 Å². The molecule has 5 heterocycles. The monoisotopic (exact) mass is 480 g/mol. The highest BCUT2D eigenvalue weighted by atomic mass is 32.2. The number of H-pyrrole nitrogens is 2. The summed E-state index contributed by atoms with van der Waals surface area (Å²) in [6.07, 6.45) is 8.88. The predicted molar refractivity (Wildman–Crippen MR) is 130 cm³/mol. The SMILES string of the molecule is CN1CCN(CC2=CCC(c3cc(=NC4CC4)n4ncc(=Cc5[nH]c(=O)[nH]c5O)c4n3)S2)CC1. The molecule has 3 aromatic rings. The van der Waals surface area contributed by atoms with Crippen molar-refractivity contribution in [3.63, 3.8) is 0 Å². The third-order valence-electron chi connectivity index (χ3n) is 6.56. The number of thioether (sulfide) groups is 1. The van der Waals surface area contributed by atoms with Crippen LogP contribution in [0.3, 0.4) is 0 Å². The zero-order valence-corrected chi connectivity index (χ0v) is 19.9. The third kappa shape index (κ3) is 4.42. The van der Waals surface area contributed by atoms with Crippen LogP contribution in [0.25, 0.3) is 11.7 Å². The smallest absolute Gasteiger partial charge is 0.326 e. The summed E-state index contributed by atoms with van der Waals surface area (Å²) < 4.78 is 1.76. The van der Waals surface area contributed by atoms with Gasteiger partial charge in [-0.15, -0.1) is 11.8 Å². The van der Waals surface area contributed by atoms with Crippen LogP contribution in [-0.4, -0.2) is 85.3 Å². The van der Waals surface area contributed by atoms with Crippen molar-refractivity contribution in [1.82, 2.24) is 34.4 Å². The van der Waals surface area contributed by atoms with Crippen molar-refractivity contribution < 1.29 is 5.11 Å². The van der Waals surface area contributed by atoms with E-state index in [1.54, 1.807) is 16.8 Å². The lowest BCUT2D eigenvalue weighted by molar-refractivity contribution is 0.166. The largest absolute Gasteiger partial charge is 0.493 e.